The molecule has 0 spiro atoms. The van der Waals surface area contributed by atoms with E-state index in [0.717, 1.165) is 37.3 Å². The maximum absolute atomic E-state index is 12.8. The number of hydrogen-bond donors (Lipinski definition) is 1. The number of nitrogens with zero attached hydrogens (tertiary/aromatic N) is 3. The number of hydrogen-bond acceptors (Lipinski definition) is 5. The fraction of sp³-hybridized carbons (Fsp3) is 0.556. The highest BCUT2D eigenvalue weighted by molar-refractivity contribution is 6.22. The van der Waals surface area contributed by atoms with Crippen molar-refractivity contribution in [3.8, 4) is 0 Å². The lowest BCUT2D eigenvalue weighted by atomic mass is 10.1. The maximum atomic E-state index is 12.8. The molecule has 2 fully saturated rings. The van der Waals surface area contributed by atoms with Crippen molar-refractivity contribution >= 4 is 17.5 Å². The Morgan fingerprint density at radius 3 is 2.42 bits per heavy atom. The minimum absolute atomic E-state index is 0.112. The minimum atomic E-state index is -0.351. The van der Waals surface area contributed by atoms with Gasteiger partial charge in [-0.3, -0.25) is 19.4 Å². The van der Waals surface area contributed by atoms with Crippen LogP contribution < -0.4 is 4.90 Å². The normalized spacial score (nSPS) is 23.3. The summed E-state index contributed by atoms with van der Waals surface area (Å²) >= 11 is 0. The molecule has 1 aromatic carbocycles. The first-order chi connectivity index (χ1) is 11.5. The number of benzene rings is 1. The summed E-state index contributed by atoms with van der Waals surface area (Å²) in [6.45, 7) is 7.98. The maximum Gasteiger partial charge on any atom is 0.251 e. The van der Waals surface area contributed by atoms with Crippen molar-refractivity contribution < 1.29 is 14.7 Å². The van der Waals surface area contributed by atoms with Crippen molar-refractivity contribution in [3.63, 3.8) is 0 Å². The number of aliphatic hydroxyl groups is 1. The molecule has 1 unspecified atom stereocenters. The van der Waals surface area contributed by atoms with Gasteiger partial charge in [0.2, 0.25) is 5.91 Å². The summed E-state index contributed by atoms with van der Waals surface area (Å²) < 4.78 is 0. The number of imide groups is 1. The topological polar surface area (TPSA) is 64.1 Å². The molecule has 24 heavy (non-hydrogen) atoms. The van der Waals surface area contributed by atoms with Crippen LogP contribution in [0.1, 0.15) is 17.5 Å². The quantitative estimate of drug-likeness (QED) is 0.816. The highest BCUT2D eigenvalue weighted by atomic mass is 16.3. The zero-order valence-corrected chi connectivity index (χ0v) is 14.4. The Bertz CT molecular complexity index is 638. The van der Waals surface area contributed by atoms with Gasteiger partial charge in [-0.15, -0.1) is 0 Å². The monoisotopic (exact) mass is 331 g/mol. The fourth-order valence-corrected chi connectivity index (χ4v) is 3.48. The van der Waals surface area contributed by atoms with Crippen molar-refractivity contribution in [1.29, 1.82) is 0 Å². The van der Waals surface area contributed by atoms with Crippen molar-refractivity contribution in [1.82, 2.24) is 9.80 Å². The number of rotatable bonds is 4. The van der Waals surface area contributed by atoms with Gasteiger partial charge in [0.1, 0.15) is 0 Å². The molecule has 0 bridgehead atoms. The van der Waals surface area contributed by atoms with E-state index in [0.29, 0.717) is 12.2 Å². The zero-order valence-electron chi connectivity index (χ0n) is 14.4. The van der Waals surface area contributed by atoms with Crippen molar-refractivity contribution in [2.45, 2.75) is 26.3 Å². The molecule has 130 valence electrons. The second kappa shape index (κ2) is 7.01. The Morgan fingerprint density at radius 2 is 1.79 bits per heavy atom. The van der Waals surface area contributed by atoms with Crippen LogP contribution in [0.3, 0.4) is 0 Å². The van der Waals surface area contributed by atoms with Crippen LogP contribution in [0.4, 0.5) is 5.69 Å². The van der Waals surface area contributed by atoms with Gasteiger partial charge in [0.15, 0.2) is 0 Å². The molecule has 0 aliphatic carbocycles. The summed E-state index contributed by atoms with van der Waals surface area (Å²) in [5.74, 6) is -0.232. The van der Waals surface area contributed by atoms with Gasteiger partial charge in [0.05, 0.1) is 24.8 Å². The van der Waals surface area contributed by atoms with E-state index in [2.05, 4.69) is 9.80 Å². The molecular weight excluding hydrogens is 306 g/mol. The highest BCUT2D eigenvalue weighted by Gasteiger charge is 2.43. The van der Waals surface area contributed by atoms with Gasteiger partial charge in [-0.05, 0) is 37.1 Å². The molecule has 0 saturated carbocycles. The number of β-amino-alcohol motifs (C(OH)–C–C–N with tert-alkyl or cyclic N) is 1. The SMILES string of the molecule is Cc1ccc(N2C(=O)CC(N3CCN(CCO)CC3)C2=O)cc1C. The Hall–Kier alpha value is -1.76. The molecule has 6 heteroatoms. The van der Waals surface area contributed by atoms with E-state index < -0.39 is 0 Å². The number of anilines is 1. The van der Waals surface area contributed by atoms with E-state index >= 15 is 0 Å². The lowest BCUT2D eigenvalue weighted by Crippen LogP contribution is -2.52. The standard InChI is InChI=1S/C18H25N3O3/c1-13-3-4-15(11-14(13)2)21-17(23)12-16(18(21)24)20-7-5-19(6-8-20)9-10-22/h3-4,11,16,22H,5-10,12H2,1-2H3. The largest absolute Gasteiger partial charge is 0.395 e. The molecule has 2 heterocycles. The van der Waals surface area contributed by atoms with Crippen molar-refractivity contribution in [2.75, 3.05) is 44.2 Å². The summed E-state index contributed by atoms with van der Waals surface area (Å²) in [6, 6.07) is 5.36. The van der Waals surface area contributed by atoms with E-state index in [1.54, 1.807) is 0 Å². The third kappa shape index (κ3) is 3.22. The number of piperazine rings is 1. The fourth-order valence-electron chi connectivity index (χ4n) is 3.48. The predicted octanol–water partition coefficient (Wildman–Crippen LogP) is 0.545. The minimum Gasteiger partial charge on any atom is -0.395 e. The molecule has 2 aliphatic heterocycles. The third-order valence-corrected chi connectivity index (χ3v) is 5.14. The molecule has 2 amide bonds. The van der Waals surface area contributed by atoms with Gasteiger partial charge >= 0.3 is 0 Å². The summed E-state index contributed by atoms with van der Waals surface area (Å²) in [5.41, 5.74) is 2.90. The second-order valence-electron chi connectivity index (χ2n) is 6.66. The molecule has 1 N–H and O–H groups in total. The molecule has 3 rings (SSSR count). The van der Waals surface area contributed by atoms with Crippen molar-refractivity contribution in [3.05, 3.63) is 29.3 Å². The van der Waals surface area contributed by atoms with E-state index in [1.165, 1.54) is 4.90 Å². The first-order valence-electron chi connectivity index (χ1n) is 8.52. The van der Waals surface area contributed by atoms with Crippen LogP contribution in [0.15, 0.2) is 18.2 Å². The number of aliphatic hydroxyl groups excluding tert-OH is 1. The van der Waals surface area contributed by atoms with Crippen LogP contribution in [0, 0.1) is 13.8 Å². The smallest absolute Gasteiger partial charge is 0.251 e. The summed E-state index contributed by atoms with van der Waals surface area (Å²) in [4.78, 5) is 30.9. The van der Waals surface area contributed by atoms with Crippen LogP contribution in [-0.2, 0) is 9.59 Å². The summed E-state index contributed by atoms with van der Waals surface area (Å²) in [6.07, 6.45) is 0.256. The summed E-state index contributed by atoms with van der Waals surface area (Å²) in [5, 5.41) is 9.01. The summed E-state index contributed by atoms with van der Waals surface area (Å²) in [7, 11) is 0. The predicted molar refractivity (Wildman–Crippen MR) is 91.9 cm³/mol. The van der Waals surface area contributed by atoms with Crippen LogP contribution in [-0.4, -0.2) is 72.1 Å². The second-order valence-corrected chi connectivity index (χ2v) is 6.66. The molecule has 1 atom stereocenters. The van der Waals surface area contributed by atoms with E-state index in [-0.39, 0.29) is 30.9 Å². The molecule has 2 saturated heterocycles. The highest BCUT2D eigenvalue weighted by Crippen LogP contribution is 2.27. The number of aryl methyl sites for hydroxylation is 2. The molecule has 1 aromatic rings. The molecule has 0 radical (unpaired) electrons. The van der Waals surface area contributed by atoms with Gasteiger partial charge in [0, 0.05) is 32.7 Å². The van der Waals surface area contributed by atoms with E-state index in [9.17, 15) is 9.59 Å². The first-order valence-corrected chi connectivity index (χ1v) is 8.52. The average Bonchev–Trinajstić information content (AvgIpc) is 2.86. The van der Waals surface area contributed by atoms with Gasteiger partial charge in [-0.1, -0.05) is 6.07 Å². The first kappa shape index (κ1) is 17.1. The van der Waals surface area contributed by atoms with Gasteiger partial charge in [0.25, 0.3) is 5.91 Å². The van der Waals surface area contributed by atoms with Gasteiger partial charge in [-0.2, -0.15) is 0 Å². The Kier molecular flexibility index (Phi) is 4.99. The average molecular weight is 331 g/mol. The zero-order chi connectivity index (χ0) is 17.3. The Morgan fingerprint density at radius 1 is 1.08 bits per heavy atom. The van der Waals surface area contributed by atoms with Crippen LogP contribution >= 0.6 is 0 Å². The molecular formula is C18H25N3O3. The Labute approximate surface area is 142 Å². The molecule has 6 nitrogen and oxygen atoms in total. The third-order valence-electron chi connectivity index (χ3n) is 5.14. The van der Waals surface area contributed by atoms with Crippen LogP contribution in [0.2, 0.25) is 0 Å². The van der Waals surface area contributed by atoms with Crippen molar-refractivity contribution in [2.24, 2.45) is 0 Å². The van der Waals surface area contributed by atoms with Crippen LogP contribution in [0.25, 0.3) is 0 Å². The number of carbonyl (C=O) groups is 2. The molecule has 2 aliphatic rings. The lowest BCUT2D eigenvalue weighted by molar-refractivity contribution is -0.123. The van der Waals surface area contributed by atoms with E-state index in [1.807, 2.05) is 32.0 Å². The number of amides is 2. The lowest BCUT2D eigenvalue weighted by Gasteiger charge is -2.36. The van der Waals surface area contributed by atoms with E-state index in [4.69, 9.17) is 5.11 Å². The number of carbonyl (C=O) groups excluding carboxylic acids is 2. The Balaban J connectivity index is 1.71. The van der Waals surface area contributed by atoms with Gasteiger partial charge in [-0.25, -0.2) is 4.90 Å². The van der Waals surface area contributed by atoms with Crippen LogP contribution in [0.5, 0.6) is 0 Å². The molecule has 0 aromatic heterocycles. The van der Waals surface area contributed by atoms with Gasteiger partial charge < -0.3 is 5.11 Å².